The molecule has 0 bridgehead atoms. The standard InChI is InChI=1S/C10H10N2O4/c11-5-10(6-13,7-14)8-1-3-9(4-2-8)12(15)16/h1-4,13-14H,6-7H2. The first-order valence-electron chi connectivity index (χ1n) is 4.47. The van der Waals surface area contributed by atoms with E-state index in [4.69, 9.17) is 15.5 Å². The van der Waals surface area contributed by atoms with Crippen LogP contribution in [0.1, 0.15) is 5.56 Å². The van der Waals surface area contributed by atoms with Crippen molar-refractivity contribution in [2.45, 2.75) is 5.41 Å². The third-order valence-corrected chi connectivity index (χ3v) is 2.38. The van der Waals surface area contributed by atoms with Gasteiger partial charge in [0.05, 0.1) is 24.2 Å². The van der Waals surface area contributed by atoms with E-state index in [0.29, 0.717) is 5.56 Å². The fourth-order valence-corrected chi connectivity index (χ4v) is 1.27. The largest absolute Gasteiger partial charge is 0.394 e. The van der Waals surface area contributed by atoms with E-state index in [0.717, 1.165) is 0 Å². The molecule has 6 nitrogen and oxygen atoms in total. The molecule has 0 amide bonds. The van der Waals surface area contributed by atoms with Crippen LogP contribution < -0.4 is 0 Å². The zero-order chi connectivity index (χ0) is 12.2. The Kier molecular flexibility index (Phi) is 3.55. The van der Waals surface area contributed by atoms with Crippen molar-refractivity contribution < 1.29 is 15.1 Å². The summed E-state index contributed by atoms with van der Waals surface area (Å²) in [7, 11) is 0. The van der Waals surface area contributed by atoms with E-state index < -0.39 is 23.6 Å². The SMILES string of the molecule is N#CC(CO)(CO)c1ccc([N+](=O)[O-])cc1. The number of rotatable bonds is 4. The lowest BCUT2D eigenvalue weighted by molar-refractivity contribution is -0.384. The summed E-state index contributed by atoms with van der Waals surface area (Å²) in [4.78, 5) is 9.85. The Labute approximate surface area is 91.5 Å². The number of benzene rings is 1. The summed E-state index contributed by atoms with van der Waals surface area (Å²) in [6.45, 7) is -1.09. The zero-order valence-electron chi connectivity index (χ0n) is 8.33. The number of nitriles is 1. The van der Waals surface area contributed by atoms with Crippen molar-refractivity contribution >= 4 is 5.69 Å². The lowest BCUT2D eigenvalue weighted by atomic mass is 9.83. The first-order valence-corrected chi connectivity index (χ1v) is 4.47. The van der Waals surface area contributed by atoms with E-state index in [1.807, 2.05) is 6.07 Å². The van der Waals surface area contributed by atoms with Gasteiger partial charge in [-0.2, -0.15) is 5.26 Å². The van der Waals surface area contributed by atoms with Crippen LogP contribution in [0.4, 0.5) is 5.69 Å². The lowest BCUT2D eigenvalue weighted by Crippen LogP contribution is -2.32. The highest BCUT2D eigenvalue weighted by Crippen LogP contribution is 2.24. The number of hydrogen-bond donors (Lipinski definition) is 2. The van der Waals surface area contributed by atoms with Gasteiger partial charge in [-0.15, -0.1) is 0 Å². The summed E-state index contributed by atoms with van der Waals surface area (Å²) in [5.74, 6) is 0. The Balaban J connectivity index is 3.14. The molecule has 6 heteroatoms. The van der Waals surface area contributed by atoms with Crippen LogP contribution in [0.2, 0.25) is 0 Å². The van der Waals surface area contributed by atoms with Crippen molar-refractivity contribution in [3.63, 3.8) is 0 Å². The van der Waals surface area contributed by atoms with Crippen LogP contribution in [0.3, 0.4) is 0 Å². The highest BCUT2D eigenvalue weighted by molar-refractivity contribution is 5.39. The van der Waals surface area contributed by atoms with Crippen LogP contribution in [0, 0.1) is 21.4 Å². The van der Waals surface area contributed by atoms with Gasteiger partial charge in [0.1, 0.15) is 5.41 Å². The number of aliphatic hydroxyl groups is 2. The van der Waals surface area contributed by atoms with Crippen molar-refractivity contribution in [2.75, 3.05) is 13.2 Å². The summed E-state index contributed by atoms with van der Waals surface area (Å²) < 4.78 is 0. The van der Waals surface area contributed by atoms with E-state index in [9.17, 15) is 10.1 Å². The van der Waals surface area contributed by atoms with Crippen molar-refractivity contribution in [3.05, 3.63) is 39.9 Å². The number of non-ortho nitro benzene ring substituents is 1. The van der Waals surface area contributed by atoms with Crippen LogP contribution in [0.5, 0.6) is 0 Å². The highest BCUT2D eigenvalue weighted by atomic mass is 16.6. The predicted molar refractivity (Wildman–Crippen MR) is 54.6 cm³/mol. The summed E-state index contributed by atoms with van der Waals surface area (Å²) in [6.07, 6.45) is 0. The molecule has 0 aromatic heterocycles. The molecule has 2 N–H and O–H groups in total. The van der Waals surface area contributed by atoms with Gasteiger partial charge < -0.3 is 10.2 Å². The number of nitro groups is 1. The minimum Gasteiger partial charge on any atom is -0.394 e. The molecule has 0 aliphatic carbocycles. The Morgan fingerprint density at radius 2 is 1.81 bits per heavy atom. The third-order valence-electron chi connectivity index (χ3n) is 2.38. The van der Waals surface area contributed by atoms with E-state index in [2.05, 4.69) is 0 Å². The highest BCUT2D eigenvalue weighted by Gasteiger charge is 2.31. The van der Waals surface area contributed by atoms with E-state index in [1.165, 1.54) is 24.3 Å². The van der Waals surface area contributed by atoms with Crippen LogP contribution in [-0.2, 0) is 5.41 Å². The molecule has 0 fully saturated rings. The van der Waals surface area contributed by atoms with Gasteiger partial charge in [0.2, 0.25) is 0 Å². The average Bonchev–Trinajstić information content (AvgIpc) is 2.33. The average molecular weight is 222 g/mol. The van der Waals surface area contributed by atoms with Crippen LogP contribution >= 0.6 is 0 Å². The molecular weight excluding hydrogens is 212 g/mol. The second-order valence-electron chi connectivity index (χ2n) is 3.31. The van der Waals surface area contributed by atoms with Crippen molar-refractivity contribution in [1.29, 1.82) is 5.26 Å². The van der Waals surface area contributed by atoms with E-state index in [-0.39, 0.29) is 5.69 Å². The quantitative estimate of drug-likeness (QED) is 0.564. The van der Waals surface area contributed by atoms with Gasteiger partial charge in [-0.1, -0.05) is 12.1 Å². The van der Waals surface area contributed by atoms with Crippen LogP contribution in [-0.4, -0.2) is 28.4 Å². The second-order valence-corrected chi connectivity index (χ2v) is 3.31. The smallest absolute Gasteiger partial charge is 0.269 e. The van der Waals surface area contributed by atoms with Crippen LogP contribution in [0.25, 0.3) is 0 Å². The molecule has 1 aromatic carbocycles. The molecule has 0 spiro atoms. The molecule has 0 saturated carbocycles. The van der Waals surface area contributed by atoms with E-state index in [1.54, 1.807) is 0 Å². The van der Waals surface area contributed by atoms with Crippen molar-refractivity contribution in [3.8, 4) is 6.07 Å². The van der Waals surface area contributed by atoms with Gasteiger partial charge in [0, 0.05) is 12.1 Å². The molecule has 1 rings (SSSR count). The molecule has 0 aliphatic heterocycles. The molecule has 0 atom stereocenters. The molecule has 0 saturated heterocycles. The number of nitrogens with zero attached hydrogens (tertiary/aromatic N) is 2. The van der Waals surface area contributed by atoms with Gasteiger partial charge >= 0.3 is 0 Å². The molecule has 0 radical (unpaired) electrons. The maximum absolute atomic E-state index is 10.4. The molecule has 84 valence electrons. The normalized spacial score (nSPS) is 10.8. The summed E-state index contributed by atoms with van der Waals surface area (Å²) in [5, 5.41) is 37.5. The van der Waals surface area contributed by atoms with Crippen molar-refractivity contribution in [1.82, 2.24) is 0 Å². The zero-order valence-corrected chi connectivity index (χ0v) is 8.33. The fraction of sp³-hybridized carbons (Fsp3) is 0.300. The Morgan fingerprint density at radius 1 is 1.31 bits per heavy atom. The summed E-state index contributed by atoms with van der Waals surface area (Å²) in [5.41, 5.74) is -1.16. The molecule has 16 heavy (non-hydrogen) atoms. The molecular formula is C10H10N2O4. The number of hydrogen-bond acceptors (Lipinski definition) is 5. The minimum absolute atomic E-state index is 0.105. The Hall–Kier alpha value is -1.97. The molecule has 0 aliphatic rings. The molecule has 0 unspecified atom stereocenters. The second kappa shape index (κ2) is 4.70. The monoisotopic (exact) mass is 222 g/mol. The minimum atomic E-state index is -1.41. The first-order chi connectivity index (χ1) is 7.59. The summed E-state index contributed by atoms with van der Waals surface area (Å²) >= 11 is 0. The van der Waals surface area contributed by atoms with E-state index >= 15 is 0 Å². The maximum atomic E-state index is 10.4. The third kappa shape index (κ3) is 2.00. The van der Waals surface area contributed by atoms with Gasteiger partial charge in [0.15, 0.2) is 0 Å². The van der Waals surface area contributed by atoms with Gasteiger partial charge in [-0.25, -0.2) is 0 Å². The topological polar surface area (TPSA) is 107 Å². The number of aliphatic hydroxyl groups excluding tert-OH is 2. The Morgan fingerprint density at radius 3 is 2.12 bits per heavy atom. The first kappa shape index (κ1) is 12.1. The molecule has 1 aromatic rings. The van der Waals surface area contributed by atoms with Gasteiger partial charge in [-0.3, -0.25) is 10.1 Å². The number of nitro benzene ring substituents is 1. The van der Waals surface area contributed by atoms with Gasteiger partial charge in [0.25, 0.3) is 5.69 Å². The predicted octanol–water partition coefficient (Wildman–Crippen LogP) is 0.341. The van der Waals surface area contributed by atoms with Crippen molar-refractivity contribution in [2.24, 2.45) is 0 Å². The Bertz CT molecular complexity index is 417. The molecule has 0 heterocycles. The van der Waals surface area contributed by atoms with Crippen LogP contribution in [0.15, 0.2) is 24.3 Å². The maximum Gasteiger partial charge on any atom is 0.269 e. The summed E-state index contributed by atoms with van der Waals surface area (Å²) in [6, 6.07) is 6.98. The van der Waals surface area contributed by atoms with Gasteiger partial charge in [-0.05, 0) is 5.56 Å². The fourth-order valence-electron chi connectivity index (χ4n) is 1.27. The lowest BCUT2D eigenvalue weighted by Gasteiger charge is -2.21.